The van der Waals surface area contributed by atoms with Crippen LogP contribution >= 0.6 is 0 Å². The molecule has 0 aromatic rings. The van der Waals surface area contributed by atoms with E-state index in [1.54, 1.807) is 0 Å². The summed E-state index contributed by atoms with van der Waals surface area (Å²) in [6, 6.07) is 0. The van der Waals surface area contributed by atoms with Crippen molar-refractivity contribution in [1.82, 2.24) is 0 Å². The second-order valence-electron chi connectivity index (χ2n) is 5.89. The largest absolute Gasteiger partial charge is 0.394 e. The first-order valence-electron chi connectivity index (χ1n) is 6.29. The average molecular weight is 260 g/mol. The first kappa shape index (κ1) is 12.8. The molecule has 0 unspecified atom stereocenters. The Kier molecular flexibility index (Phi) is 2.75. The maximum atomic E-state index is 9.40. The molecule has 6 nitrogen and oxygen atoms in total. The molecule has 3 aliphatic rings. The van der Waals surface area contributed by atoms with E-state index in [1.165, 1.54) is 0 Å². The zero-order valence-electron chi connectivity index (χ0n) is 11.1. The van der Waals surface area contributed by atoms with Gasteiger partial charge in [-0.1, -0.05) is 0 Å². The van der Waals surface area contributed by atoms with Crippen LogP contribution < -0.4 is 0 Å². The van der Waals surface area contributed by atoms with Crippen molar-refractivity contribution >= 4 is 0 Å². The minimum Gasteiger partial charge on any atom is -0.394 e. The van der Waals surface area contributed by atoms with E-state index in [9.17, 15) is 5.11 Å². The number of aliphatic hydroxyl groups is 1. The molecular formula is C12H20O6. The fourth-order valence-electron chi connectivity index (χ4n) is 2.84. The van der Waals surface area contributed by atoms with Crippen LogP contribution in [0.2, 0.25) is 0 Å². The van der Waals surface area contributed by atoms with Gasteiger partial charge in [-0.3, -0.25) is 0 Å². The molecule has 0 aromatic heterocycles. The van der Waals surface area contributed by atoms with Gasteiger partial charge in [-0.2, -0.15) is 0 Å². The summed E-state index contributed by atoms with van der Waals surface area (Å²) >= 11 is 0. The Morgan fingerprint density at radius 3 is 2.06 bits per heavy atom. The van der Waals surface area contributed by atoms with Gasteiger partial charge in [0.1, 0.15) is 24.4 Å². The predicted octanol–water partition coefficient (Wildman–Crippen LogP) is 0.375. The standard InChI is InChI=1S/C12H20O6/c1-11(2)15-7-6(5-13)14-10-9(8(7)16-11)17-12(3,4)18-10/h6-10,13H,5H2,1-4H3/t6-,7+,8+,9-,10+/m0/s1. The Bertz CT molecular complexity index is 341. The molecule has 3 saturated heterocycles. The van der Waals surface area contributed by atoms with Gasteiger partial charge in [0.05, 0.1) is 6.61 Å². The quantitative estimate of drug-likeness (QED) is 0.735. The summed E-state index contributed by atoms with van der Waals surface area (Å²) in [6.45, 7) is 7.22. The first-order valence-corrected chi connectivity index (χ1v) is 6.29. The van der Waals surface area contributed by atoms with Crippen molar-refractivity contribution in [3.05, 3.63) is 0 Å². The lowest BCUT2D eigenvalue weighted by atomic mass is 9.99. The molecular weight excluding hydrogens is 240 g/mol. The van der Waals surface area contributed by atoms with E-state index < -0.39 is 24.0 Å². The maximum Gasteiger partial charge on any atom is 0.190 e. The molecule has 0 radical (unpaired) electrons. The number of hydrogen-bond acceptors (Lipinski definition) is 6. The number of hydrogen-bond donors (Lipinski definition) is 1. The van der Waals surface area contributed by atoms with Crippen molar-refractivity contribution in [2.75, 3.05) is 6.61 Å². The van der Waals surface area contributed by atoms with E-state index in [4.69, 9.17) is 23.7 Å². The van der Waals surface area contributed by atoms with Crippen molar-refractivity contribution in [3.8, 4) is 0 Å². The Morgan fingerprint density at radius 1 is 0.833 bits per heavy atom. The minimum absolute atomic E-state index is 0.131. The number of fused-ring (bicyclic) bond motifs is 3. The van der Waals surface area contributed by atoms with Crippen molar-refractivity contribution in [2.45, 2.75) is 70.0 Å². The lowest BCUT2D eigenvalue weighted by Gasteiger charge is -2.36. The molecule has 104 valence electrons. The third kappa shape index (κ3) is 1.97. The van der Waals surface area contributed by atoms with E-state index >= 15 is 0 Å². The summed E-state index contributed by atoms with van der Waals surface area (Å²) < 4.78 is 28.9. The van der Waals surface area contributed by atoms with Crippen LogP contribution in [-0.4, -0.2) is 54.0 Å². The van der Waals surface area contributed by atoms with Crippen LogP contribution in [0.5, 0.6) is 0 Å². The summed E-state index contributed by atoms with van der Waals surface area (Å²) in [5.41, 5.74) is 0. The van der Waals surface area contributed by atoms with Gasteiger partial charge in [0.25, 0.3) is 0 Å². The monoisotopic (exact) mass is 260 g/mol. The molecule has 0 saturated carbocycles. The van der Waals surface area contributed by atoms with Crippen LogP contribution in [0, 0.1) is 0 Å². The van der Waals surface area contributed by atoms with E-state index in [0.717, 1.165) is 0 Å². The molecule has 0 amide bonds. The lowest BCUT2D eigenvalue weighted by Crippen LogP contribution is -2.56. The zero-order chi connectivity index (χ0) is 13.1. The topological polar surface area (TPSA) is 66.4 Å². The summed E-state index contributed by atoms with van der Waals surface area (Å²) in [5.74, 6) is -1.41. The molecule has 3 rings (SSSR count). The number of rotatable bonds is 1. The van der Waals surface area contributed by atoms with Crippen LogP contribution in [0.4, 0.5) is 0 Å². The molecule has 3 aliphatic heterocycles. The first-order chi connectivity index (χ1) is 8.31. The summed E-state index contributed by atoms with van der Waals surface area (Å²) in [7, 11) is 0. The Labute approximate surface area is 106 Å². The van der Waals surface area contributed by atoms with Crippen LogP contribution in [-0.2, 0) is 23.7 Å². The Balaban J connectivity index is 1.86. The number of aliphatic hydroxyl groups excluding tert-OH is 1. The fraction of sp³-hybridized carbons (Fsp3) is 1.00. The second kappa shape index (κ2) is 3.88. The third-order valence-electron chi connectivity index (χ3n) is 3.43. The van der Waals surface area contributed by atoms with Gasteiger partial charge in [0.2, 0.25) is 0 Å². The third-order valence-corrected chi connectivity index (χ3v) is 3.43. The van der Waals surface area contributed by atoms with Crippen LogP contribution in [0.3, 0.4) is 0 Å². The van der Waals surface area contributed by atoms with Gasteiger partial charge in [0.15, 0.2) is 17.9 Å². The molecule has 5 atom stereocenters. The highest BCUT2D eigenvalue weighted by molar-refractivity contribution is 4.99. The molecule has 0 spiro atoms. The maximum absolute atomic E-state index is 9.40. The number of ether oxygens (including phenoxy) is 5. The highest BCUT2D eigenvalue weighted by Gasteiger charge is 2.60. The molecule has 6 heteroatoms. The van der Waals surface area contributed by atoms with Crippen molar-refractivity contribution in [3.63, 3.8) is 0 Å². The van der Waals surface area contributed by atoms with Crippen LogP contribution in [0.1, 0.15) is 27.7 Å². The van der Waals surface area contributed by atoms with Crippen LogP contribution in [0.25, 0.3) is 0 Å². The second-order valence-corrected chi connectivity index (χ2v) is 5.89. The summed E-state index contributed by atoms with van der Waals surface area (Å²) in [5, 5.41) is 9.40. The minimum atomic E-state index is -0.708. The van der Waals surface area contributed by atoms with E-state index in [0.29, 0.717) is 0 Å². The van der Waals surface area contributed by atoms with Gasteiger partial charge in [-0.05, 0) is 27.7 Å². The zero-order valence-corrected chi connectivity index (χ0v) is 11.1. The molecule has 0 aromatic carbocycles. The van der Waals surface area contributed by atoms with Gasteiger partial charge in [0, 0.05) is 0 Å². The highest BCUT2D eigenvalue weighted by atomic mass is 16.9. The van der Waals surface area contributed by atoms with E-state index in [-0.39, 0.29) is 24.9 Å². The summed E-state index contributed by atoms with van der Waals surface area (Å²) in [4.78, 5) is 0. The molecule has 0 aliphatic carbocycles. The molecule has 0 bridgehead atoms. The molecule has 3 heterocycles. The van der Waals surface area contributed by atoms with Crippen molar-refractivity contribution < 1.29 is 28.8 Å². The smallest absolute Gasteiger partial charge is 0.190 e. The molecule has 3 fully saturated rings. The molecule has 1 N–H and O–H groups in total. The predicted molar refractivity (Wildman–Crippen MR) is 59.6 cm³/mol. The van der Waals surface area contributed by atoms with E-state index in [1.807, 2.05) is 27.7 Å². The van der Waals surface area contributed by atoms with Crippen molar-refractivity contribution in [2.24, 2.45) is 0 Å². The fourth-order valence-corrected chi connectivity index (χ4v) is 2.84. The molecule has 18 heavy (non-hydrogen) atoms. The van der Waals surface area contributed by atoms with Gasteiger partial charge in [-0.25, -0.2) is 0 Å². The lowest BCUT2D eigenvalue weighted by molar-refractivity contribution is -0.240. The van der Waals surface area contributed by atoms with Crippen LogP contribution in [0.15, 0.2) is 0 Å². The Hall–Kier alpha value is -0.240. The normalized spacial score (nSPS) is 48.8. The van der Waals surface area contributed by atoms with Crippen molar-refractivity contribution in [1.29, 1.82) is 0 Å². The van der Waals surface area contributed by atoms with Gasteiger partial charge in [-0.15, -0.1) is 0 Å². The summed E-state index contributed by atoms with van der Waals surface area (Å²) in [6.07, 6.45) is -1.90. The highest BCUT2D eigenvalue weighted by Crippen LogP contribution is 2.43. The van der Waals surface area contributed by atoms with E-state index in [2.05, 4.69) is 0 Å². The SMILES string of the molecule is CC1(C)O[C@H]2O[C@@H](CO)[C@H]3OC(C)(C)O[C@H]3[C@@H]2O1. The average Bonchev–Trinajstić information content (AvgIpc) is 2.71. The van der Waals surface area contributed by atoms with Gasteiger partial charge >= 0.3 is 0 Å². The van der Waals surface area contributed by atoms with Gasteiger partial charge < -0.3 is 28.8 Å². The Morgan fingerprint density at radius 2 is 1.39 bits per heavy atom.